The van der Waals surface area contributed by atoms with Gasteiger partial charge in [0.15, 0.2) is 0 Å². The van der Waals surface area contributed by atoms with Crippen molar-refractivity contribution in [3.63, 3.8) is 0 Å². The number of carbonyl (C=O) groups excluding carboxylic acids is 1. The van der Waals surface area contributed by atoms with Crippen LogP contribution in [0.25, 0.3) is 0 Å². The van der Waals surface area contributed by atoms with Crippen LogP contribution >= 0.6 is 15.9 Å². The number of nitrogens with one attached hydrogen (secondary N) is 2. The first kappa shape index (κ1) is 14.4. The molecule has 0 aliphatic carbocycles. The standard InChI is InChI=1S/C13H15BrF2N2O/c1-7-11(3-2-4-17-7)18-13(19)12-9(15)5-8(14)6-10(12)16/h5-7,11,17H,2-4H2,1H3,(H,18,19). The van der Waals surface area contributed by atoms with E-state index >= 15 is 0 Å². The van der Waals surface area contributed by atoms with Crippen LogP contribution in [-0.2, 0) is 0 Å². The molecule has 1 aliphatic heterocycles. The summed E-state index contributed by atoms with van der Waals surface area (Å²) in [6.45, 7) is 2.84. The van der Waals surface area contributed by atoms with E-state index in [9.17, 15) is 13.6 Å². The van der Waals surface area contributed by atoms with Crippen LogP contribution in [0.3, 0.4) is 0 Å². The van der Waals surface area contributed by atoms with Gasteiger partial charge in [-0.3, -0.25) is 4.79 Å². The molecule has 1 heterocycles. The van der Waals surface area contributed by atoms with Gasteiger partial charge in [-0.05, 0) is 38.4 Å². The van der Waals surface area contributed by atoms with E-state index in [1.807, 2.05) is 6.92 Å². The zero-order valence-electron chi connectivity index (χ0n) is 10.5. The number of piperidine rings is 1. The number of rotatable bonds is 2. The Balaban J connectivity index is 2.16. The summed E-state index contributed by atoms with van der Waals surface area (Å²) in [5.41, 5.74) is -0.527. The van der Waals surface area contributed by atoms with E-state index in [1.165, 1.54) is 0 Å². The molecule has 2 N–H and O–H groups in total. The monoisotopic (exact) mass is 332 g/mol. The molecule has 0 spiro atoms. The molecule has 1 aliphatic rings. The summed E-state index contributed by atoms with van der Waals surface area (Å²) in [5, 5.41) is 5.91. The summed E-state index contributed by atoms with van der Waals surface area (Å²) in [6.07, 6.45) is 1.74. The Hall–Kier alpha value is -1.01. The fourth-order valence-electron chi connectivity index (χ4n) is 2.24. The zero-order chi connectivity index (χ0) is 14.0. The minimum absolute atomic E-state index is 0.0965. The van der Waals surface area contributed by atoms with E-state index in [1.54, 1.807) is 0 Å². The lowest BCUT2D eigenvalue weighted by Gasteiger charge is -2.30. The predicted octanol–water partition coefficient (Wildman–Crippen LogP) is 2.60. The second-order valence-electron chi connectivity index (χ2n) is 4.71. The fourth-order valence-corrected chi connectivity index (χ4v) is 2.64. The number of amides is 1. The quantitative estimate of drug-likeness (QED) is 0.874. The number of hydrogen-bond acceptors (Lipinski definition) is 2. The van der Waals surface area contributed by atoms with Crippen LogP contribution in [0.4, 0.5) is 8.78 Å². The predicted molar refractivity (Wildman–Crippen MR) is 72.0 cm³/mol. The molecule has 0 saturated carbocycles. The largest absolute Gasteiger partial charge is 0.348 e. The Bertz CT molecular complexity index is 473. The van der Waals surface area contributed by atoms with Crippen molar-refractivity contribution in [2.45, 2.75) is 31.8 Å². The maximum Gasteiger partial charge on any atom is 0.257 e. The molecule has 0 aromatic heterocycles. The van der Waals surface area contributed by atoms with Crippen molar-refractivity contribution in [2.24, 2.45) is 0 Å². The number of carbonyl (C=O) groups is 1. The third-order valence-corrected chi connectivity index (χ3v) is 3.77. The summed E-state index contributed by atoms with van der Waals surface area (Å²) in [7, 11) is 0. The van der Waals surface area contributed by atoms with Crippen molar-refractivity contribution in [2.75, 3.05) is 6.54 Å². The second-order valence-corrected chi connectivity index (χ2v) is 5.63. The Labute approximate surface area is 118 Å². The third kappa shape index (κ3) is 3.30. The van der Waals surface area contributed by atoms with E-state index < -0.39 is 23.1 Å². The van der Waals surface area contributed by atoms with Gasteiger partial charge < -0.3 is 10.6 Å². The van der Waals surface area contributed by atoms with Crippen molar-refractivity contribution in [1.29, 1.82) is 0 Å². The highest BCUT2D eigenvalue weighted by atomic mass is 79.9. The SMILES string of the molecule is CC1NCCCC1NC(=O)c1c(F)cc(Br)cc1F. The normalized spacial score (nSPS) is 23.2. The lowest BCUT2D eigenvalue weighted by Crippen LogP contribution is -2.52. The van der Waals surface area contributed by atoms with Crippen LogP contribution in [0.15, 0.2) is 16.6 Å². The molecule has 6 heteroatoms. The summed E-state index contributed by atoms with van der Waals surface area (Å²) in [4.78, 5) is 12.0. The smallest absolute Gasteiger partial charge is 0.257 e. The van der Waals surface area contributed by atoms with E-state index in [2.05, 4.69) is 26.6 Å². The average molecular weight is 333 g/mol. The molecule has 1 fully saturated rings. The molecular weight excluding hydrogens is 318 g/mol. The molecule has 1 aromatic rings. The summed E-state index contributed by atoms with van der Waals surface area (Å²) in [5.74, 6) is -2.43. The molecule has 19 heavy (non-hydrogen) atoms. The molecule has 0 radical (unpaired) electrons. The van der Waals surface area contributed by atoms with Crippen molar-refractivity contribution in [3.8, 4) is 0 Å². The zero-order valence-corrected chi connectivity index (χ0v) is 12.1. The first-order valence-corrected chi connectivity index (χ1v) is 6.97. The third-order valence-electron chi connectivity index (χ3n) is 3.31. The Morgan fingerprint density at radius 1 is 1.42 bits per heavy atom. The van der Waals surface area contributed by atoms with Crippen LogP contribution in [0, 0.1) is 11.6 Å². The Kier molecular flexibility index (Phi) is 4.52. The van der Waals surface area contributed by atoms with Crippen LogP contribution in [0.5, 0.6) is 0 Å². The molecule has 2 atom stereocenters. The van der Waals surface area contributed by atoms with Gasteiger partial charge in [0.05, 0.1) is 0 Å². The molecule has 3 nitrogen and oxygen atoms in total. The van der Waals surface area contributed by atoms with Crippen LogP contribution in [0.2, 0.25) is 0 Å². The molecular formula is C13H15BrF2N2O. The van der Waals surface area contributed by atoms with Gasteiger partial charge in [0, 0.05) is 16.6 Å². The van der Waals surface area contributed by atoms with Gasteiger partial charge in [0.25, 0.3) is 5.91 Å². The Morgan fingerprint density at radius 3 is 2.63 bits per heavy atom. The molecule has 2 unspecified atom stereocenters. The van der Waals surface area contributed by atoms with Crippen LogP contribution < -0.4 is 10.6 Å². The number of benzene rings is 1. The maximum absolute atomic E-state index is 13.7. The van der Waals surface area contributed by atoms with Gasteiger partial charge in [0.2, 0.25) is 0 Å². The van der Waals surface area contributed by atoms with Gasteiger partial charge in [-0.2, -0.15) is 0 Å². The van der Waals surface area contributed by atoms with Crippen molar-refractivity contribution in [1.82, 2.24) is 10.6 Å². The number of hydrogen-bond donors (Lipinski definition) is 2. The van der Waals surface area contributed by atoms with Gasteiger partial charge in [-0.25, -0.2) is 8.78 Å². The first-order chi connectivity index (χ1) is 8.99. The highest BCUT2D eigenvalue weighted by Crippen LogP contribution is 2.20. The van der Waals surface area contributed by atoms with Crippen LogP contribution in [-0.4, -0.2) is 24.5 Å². The fraction of sp³-hybridized carbons (Fsp3) is 0.462. The molecule has 104 valence electrons. The van der Waals surface area contributed by atoms with Crippen molar-refractivity contribution >= 4 is 21.8 Å². The van der Waals surface area contributed by atoms with Crippen molar-refractivity contribution in [3.05, 3.63) is 33.8 Å². The first-order valence-electron chi connectivity index (χ1n) is 6.18. The maximum atomic E-state index is 13.7. The van der Waals surface area contributed by atoms with Gasteiger partial charge >= 0.3 is 0 Å². The highest BCUT2D eigenvalue weighted by Gasteiger charge is 2.25. The summed E-state index contributed by atoms with van der Waals surface area (Å²) < 4.78 is 27.6. The van der Waals surface area contributed by atoms with E-state index in [0.29, 0.717) is 0 Å². The molecule has 1 amide bonds. The van der Waals surface area contributed by atoms with Gasteiger partial charge in [-0.15, -0.1) is 0 Å². The molecule has 1 saturated heterocycles. The Morgan fingerprint density at radius 2 is 2.05 bits per heavy atom. The average Bonchev–Trinajstić information content (AvgIpc) is 2.30. The summed E-state index contributed by atoms with van der Waals surface area (Å²) >= 11 is 2.98. The lowest BCUT2D eigenvalue weighted by molar-refractivity contribution is 0.0911. The van der Waals surface area contributed by atoms with Crippen LogP contribution in [0.1, 0.15) is 30.1 Å². The second kappa shape index (κ2) is 5.96. The van der Waals surface area contributed by atoms with E-state index in [4.69, 9.17) is 0 Å². The lowest BCUT2D eigenvalue weighted by atomic mass is 9.99. The van der Waals surface area contributed by atoms with Gasteiger partial charge in [0.1, 0.15) is 17.2 Å². The molecule has 1 aromatic carbocycles. The summed E-state index contributed by atoms with van der Waals surface area (Å²) in [6, 6.07) is 2.16. The minimum atomic E-state index is -0.860. The topological polar surface area (TPSA) is 41.1 Å². The van der Waals surface area contributed by atoms with Gasteiger partial charge in [-0.1, -0.05) is 15.9 Å². The molecule has 2 rings (SSSR count). The van der Waals surface area contributed by atoms with Crippen molar-refractivity contribution < 1.29 is 13.6 Å². The van der Waals surface area contributed by atoms with E-state index in [-0.39, 0.29) is 16.6 Å². The number of halogens is 3. The van der Waals surface area contributed by atoms with E-state index in [0.717, 1.165) is 31.5 Å². The molecule has 0 bridgehead atoms. The minimum Gasteiger partial charge on any atom is -0.348 e. The highest BCUT2D eigenvalue weighted by molar-refractivity contribution is 9.10.